The summed E-state index contributed by atoms with van der Waals surface area (Å²) in [6, 6.07) is 9.61. The molecule has 5 nitrogen and oxygen atoms in total. The van der Waals surface area contributed by atoms with Crippen LogP contribution in [0, 0.1) is 13.8 Å². The molecule has 0 unspecified atom stereocenters. The van der Waals surface area contributed by atoms with Crippen LogP contribution in [0.25, 0.3) is 21.2 Å². The zero-order chi connectivity index (χ0) is 19.0. The molecule has 1 aromatic carbocycles. The number of hydrogen-bond donors (Lipinski definition) is 1. The van der Waals surface area contributed by atoms with E-state index in [1.54, 1.807) is 17.7 Å². The van der Waals surface area contributed by atoms with E-state index in [0.717, 1.165) is 32.0 Å². The standard InChI is InChI=1S/C20H19N3O2S2/c1-11-13(3)27-20-18(11)19(21-10-22-20)26-9-17(24)23-12(2)16-8-14-6-4-5-7-15(14)25-16/h4-8,10,12H,9H2,1-3H3,(H,23,24)/t12-/m0/s1. The normalized spacial score (nSPS) is 12.6. The van der Waals surface area contributed by atoms with Crippen molar-refractivity contribution in [2.24, 2.45) is 0 Å². The van der Waals surface area contributed by atoms with E-state index in [-0.39, 0.29) is 11.9 Å². The molecule has 0 aliphatic rings. The van der Waals surface area contributed by atoms with Crippen LogP contribution in [0.2, 0.25) is 0 Å². The van der Waals surface area contributed by atoms with Gasteiger partial charge >= 0.3 is 0 Å². The Morgan fingerprint density at radius 2 is 2.11 bits per heavy atom. The molecule has 3 aromatic heterocycles. The van der Waals surface area contributed by atoms with Gasteiger partial charge in [0.15, 0.2) is 0 Å². The van der Waals surface area contributed by atoms with E-state index in [4.69, 9.17) is 4.42 Å². The topological polar surface area (TPSA) is 68.0 Å². The lowest BCUT2D eigenvalue weighted by Crippen LogP contribution is -2.27. The number of hydrogen-bond acceptors (Lipinski definition) is 6. The average molecular weight is 398 g/mol. The van der Waals surface area contributed by atoms with Crippen LogP contribution in [-0.4, -0.2) is 21.6 Å². The van der Waals surface area contributed by atoms with Crippen molar-refractivity contribution in [2.75, 3.05) is 5.75 Å². The molecule has 4 rings (SSSR count). The van der Waals surface area contributed by atoms with Gasteiger partial charge in [-0.25, -0.2) is 9.97 Å². The summed E-state index contributed by atoms with van der Waals surface area (Å²) >= 11 is 3.10. The van der Waals surface area contributed by atoms with Gasteiger partial charge in [0, 0.05) is 15.6 Å². The average Bonchev–Trinajstić information content (AvgIpc) is 3.22. The van der Waals surface area contributed by atoms with E-state index in [0.29, 0.717) is 5.75 Å². The SMILES string of the molecule is Cc1sc2ncnc(SCC(=O)N[C@@H](C)c3cc4ccccc4o3)c2c1C. The fourth-order valence-electron chi connectivity index (χ4n) is 2.96. The highest BCUT2D eigenvalue weighted by atomic mass is 32.2. The van der Waals surface area contributed by atoms with Crippen LogP contribution in [0.5, 0.6) is 0 Å². The predicted octanol–water partition coefficient (Wildman–Crippen LogP) is 5.02. The number of fused-ring (bicyclic) bond motifs is 2. The summed E-state index contributed by atoms with van der Waals surface area (Å²) in [6.45, 7) is 6.08. The minimum atomic E-state index is -0.193. The van der Waals surface area contributed by atoms with E-state index >= 15 is 0 Å². The molecule has 0 spiro atoms. The maximum atomic E-state index is 12.4. The zero-order valence-electron chi connectivity index (χ0n) is 15.3. The number of aromatic nitrogens is 2. The molecule has 0 saturated heterocycles. The maximum Gasteiger partial charge on any atom is 0.230 e. The Morgan fingerprint density at radius 1 is 1.30 bits per heavy atom. The third-order valence-corrected chi connectivity index (χ3v) is 6.62. The van der Waals surface area contributed by atoms with Crippen molar-refractivity contribution in [3.8, 4) is 0 Å². The summed E-state index contributed by atoms with van der Waals surface area (Å²) in [5.74, 6) is 0.998. The summed E-state index contributed by atoms with van der Waals surface area (Å²) in [4.78, 5) is 23.3. The molecule has 1 atom stereocenters. The minimum Gasteiger partial charge on any atom is -0.459 e. The molecule has 0 bridgehead atoms. The summed E-state index contributed by atoms with van der Waals surface area (Å²) in [5, 5.41) is 5.95. The number of furan rings is 1. The lowest BCUT2D eigenvalue weighted by molar-refractivity contribution is -0.119. The number of nitrogens with one attached hydrogen (secondary N) is 1. The van der Waals surface area contributed by atoms with Gasteiger partial charge in [0.25, 0.3) is 0 Å². The van der Waals surface area contributed by atoms with Crippen LogP contribution < -0.4 is 5.32 Å². The molecule has 3 heterocycles. The number of aryl methyl sites for hydroxylation is 2. The second-order valence-corrected chi connectivity index (χ2v) is 8.57. The molecule has 0 fully saturated rings. The third kappa shape index (κ3) is 3.57. The summed E-state index contributed by atoms with van der Waals surface area (Å²) in [7, 11) is 0. The Kier molecular flexibility index (Phi) is 4.88. The first-order valence-electron chi connectivity index (χ1n) is 8.64. The van der Waals surface area contributed by atoms with Crippen molar-refractivity contribution in [2.45, 2.75) is 31.8 Å². The van der Waals surface area contributed by atoms with Crippen molar-refractivity contribution in [1.29, 1.82) is 0 Å². The molecular formula is C20H19N3O2S2. The Balaban J connectivity index is 1.44. The number of rotatable bonds is 5. The third-order valence-electron chi connectivity index (χ3n) is 4.52. The number of carbonyl (C=O) groups is 1. The highest BCUT2D eigenvalue weighted by molar-refractivity contribution is 8.00. The van der Waals surface area contributed by atoms with Crippen LogP contribution in [0.4, 0.5) is 0 Å². The Hall–Kier alpha value is -2.38. The number of carbonyl (C=O) groups excluding carboxylic acids is 1. The highest BCUT2D eigenvalue weighted by Gasteiger charge is 2.16. The second-order valence-electron chi connectivity index (χ2n) is 6.41. The second kappa shape index (κ2) is 7.32. The molecule has 1 N–H and O–H groups in total. The minimum absolute atomic E-state index is 0.0516. The van der Waals surface area contributed by atoms with E-state index in [1.807, 2.05) is 37.3 Å². The van der Waals surface area contributed by atoms with Gasteiger partial charge in [-0.15, -0.1) is 11.3 Å². The van der Waals surface area contributed by atoms with Crippen molar-refractivity contribution >= 4 is 50.2 Å². The number of nitrogens with zero attached hydrogens (tertiary/aromatic N) is 2. The fraction of sp³-hybridized carbons (Fsp3) is 0.250. The van der Waals surface area contributed by atoms with Crippen molar-refractivity contribution in [3.63, 3.8) is 0 Å². The lowest BCUT2D eigenvalue weighted by Gasteiger charge is -2.11. The van der Waals surface area contributed by atoms with Gasteiger partial charge in [0.1, 0.15) is 27.5 Å². The molecular weight excluding hydrogens is 378 g/mol. The van der Waals surface area contributed by atoms with Crippen LogP contribution in [-0.2, 0) is 4.79 Å². The molecule has 138 valence electrons. The summed E-state index contributed by atoms with van der Waals surface area (Å²) in [5.41, 5.74) is 2.02. The molecule has 1 amide bonds. The van der Waals surface area contributed by atoms with Crippen molar-refractivity contribution in [3.05, 3.63) is 52.9 Å². The summed E-state index contributed by atoms with van der Waals surface area (Å²) in [6.07, 6.45) is 1.56. The smallest absolute Gasteiger partial charge is 0.230 e. The van der Waals surface area contributed by atoms with Gasteiger partial charge < -0.3 is 9.73 Å². The Morgan fingerprint density at radius 3 is 2.93 bits per heavy atom. The van der Waals surface area contributed by atoms with E-state index in [1.165, 1.54) is 22.2 Å². The number of benzene rings is 1. The monoisotopic (exact) mass is 397 g/mol. The molecule has 0 aliphatic carbocycles. The van der Waals surface area contributed by atoms with E-state index in [2.05, 4.69) is 29.1 Å². The molecule has 0 saturated carbocycles. The number of amides is 1. The fourth-order valence-corrected chi connectivity index (χ4v) is 4.89. The number of thioether (sulfide) groups is 1. The van der Waals surface area contributed by atoms with Gasteiger partial charge in [-0.2, -0.15) is 0 Å². The van der Waals surface area contributed by atoms with Gasteiger partial charge in [-0.05, 0) is 38.5 Å². The van der Waals surface area contributed by atoms with Gasteiger partial charge in [-0.3, -0.25) is 4.79 Å². The predicted molar refractivity (Wildman–Crippen MR) is 110 cm³/mol. The van der Waals surface area contributed by atoms with Crippen LogP contribution >= 0.6 is 23.1 Å². The molecule has 0 aliphatic heterocycles. The van der Waals surface area contributed by atoms with Crippen molar-refractivity contribution < 1.29 is 9.21 Å². The zero-order valence-corrected chi connectivity index (χ0v) is 16.9. The van der Waals surface area contributed by atoms with Crippen LogP contribution in [0.15, 0.2) is 46.1 Å². The number of para-hydroxylation sites is 1. The first-order chi connectivity index (χ1) is 13.0. The van der Waals surface area contributed by atoms with E-state index in [9.17, 15) is 4.79 Å². The quantitative estimate of drug-likeness (QED) is 0.378. The summed E-state index contributed by atoms with van der Waals surface area (Å²) < 4.78 is 5.83. The molecule has 4 aromatic rings. The van der Waals surface area contributed by atoms with Gasteiger partial charge in [-0.1, -0.05) is 30.0 Å². The Labute approximate surface area is 165 Å². The van der Waals surface area contributed by atoms with Gasteiger partial charge in [0.05, 0.1) is 11.8 Å². The largest absolute Gasteiger partial charge is 0.459 e. The van der Waals surface area contributed by atoms with Crippen LogP contribution in [0.1, 0.15) is 29.2 Å². The molecule has 7 heteroatoms. The Bertz CT molecular complexity index is 1100. The maximum absolute atomic E-state index is 12.4. The first kappa shape index (κ1) is 18.0. The molecule has 0 radical (unpaired) electrons. The highest BCUT2D eigenvalue weighted by Crippen LogP contribution is 2.34. The lowest BCUT2D eigenvalue weighted by atomic mass is 10.2. The molecule has 27 heavy (non-hydrogen) atoms. The first-order valence-corrected chi connectivity index (χ1v) is 10.4. The van der Waals surface area contributed by atoms with Crippen LogP contribution in [0.3, 0.4) is 0 Å². The van der Waals surface area contributed by atoms with E-state index < -0.39 is 0 Å². The van der Waals surface area contributed by atoms with Gasteiger partial charge in [0.2, 0.25) is 5.91 Å². The number of thiophene rings is 1. The van der Waals surface area contributed by atoms with Crippen molar-refractivity contribution in [1.82, 2.24) is 15.3 Å².